The first-order valence-electron chi connectivity index (χ1n) is 9.76. The maximum Gasteiger partial charge on any atom is 0.193 e. The zero-order valence-electron chi connectivity index (χ0n) is 18.3. The molecule has 2 rings (SSSR count). The molecule has 0 fully saturated rings. The normalized spacial score (nSPS) is 11.9. The molecule has 2 aromatic rings. The van der Waals surface area contributed by atoms with Gasteiger partial charge in [0.15, 0.2) is 5.96 Å². The summed E-state index contributed by atoms with van der Waals surface area (Å²) in [7, 11) is 5.01. The van der Waals surface area contributed by atoms with Crippen molar-refractivity contribution in [3.63, 3.8) is 0 Å². The smallest absolute Gasteiger partial charge is 0.193 e. The number of aliphatic imine (C=N–C) groups is 1. The quantitative estimate of drug-likeness (QED) is 0.270. The molecule has 172 valence electrons. The van der Waals surface area contributed by atoms with Crippen molar-refractivity contribution < 1.29 is 23.7 Å². The molecule has 0 saturated heterocycles. The number of guanidine groups is 1. The van der Waals surface area contributed by atoms with Crippen molar-refractivity contribution in [2.45, 2.75) is 13.0 Å². The van der Waals surface area contributed by atoms with Crippen LogP contribution in [0.1, 0.15) is 18.6 Å². The maximum absolute atomic E-state index is 13.0. The van der Waals surface area contributed by atoms with E-state index in [0.29, 0.717) is 48.5 Å². The summed E-state index contributed by atoms with van der Waals surface area (Å²) < 4.78 is 29.2. The van der Waals surface area contributed by atoms with Crippen LogP contribution in [0, 0.1) is 5.82 Å². The van der Waals surface area contributed by atoms with E-state index in [9.17, 15) is 9.50 Å². The van der Waals surface area contributed by atoms with Crippen molar-refractivity contribution in [3.8, 4) is 17.2 Å². The lowest BCUT2D eigenvalue weighted by Gasteiger charge is -2.23. The van der Waals surface area contributed by atoms with Crippen molar-refractivity contribution >= 4 is 29.9 Å². The Balaban J connectivity index is 0.00000480. The summed E-state index contributed by atoms with van der Waals surface area (Å²) in [5.74, 6) is 2.15. The molecule has 9 heteroatoms. The standard InChI is InChI=1S/C22H30FN3O4.HI/c1-5-24-22(26(2)12-13-30-17-8-6-16(23)7-9-17)25-15-20(27)19-14-18(28-3)10-11-21(19)29-4;/h6-11,14,20,27H,5,12-13,15H2,1-4H3,(H,24,25);1H. The van der Waals surface area contributed by atoms with Gasteiger partial charge in [-0.25, -0.2) is 4.39 Å². The molecule has 0 aliphatic rings. The largest absolute Gasteiger partial charge is 0.497 e. The fourth-order valence-electron chi connectivity index (χ4n) is 2.78. The summed E-state index contributed by atoms with van der Waals surface area (Å²) in [5.41, 5.74) is 0.610. The van der Waals surface area contributed by atoms with Crippen LogP contribution in [0.4, 0.5) is 4.39 Å². The van der Waals surface area contributed by atoms with Gasteiger partial charge in [-0.1, -0.05) is 0 Å². The molecule has 0 heterocycles. The van der Waals surface area contributed by atoms with E-state index < -0.39 is 6.10 Å². The van der Waals surface area contributed by atoms with E-state index in [4.69, 9.17) is 14.2 Å². The average molecular weight is 547 g/mol. The number of rotatable bonds is 10. The Labute approximate surface area is 200 Å². The van der Waals surface area contributed by atoms with Crippen molar-refractivity contribution in [2.75, 3.05) is 47.5 Å². The van der Waals surface area contributed by atoms with Crippen LogP contribution < -0.4 is 19.5 Å². The summed E-state index contributed by atoms with van der Waals surface area (Å²) in [6.45, 7) is 3.76. The van der Waals surface area contributed by atoms with E-state index in [1.54, 1.807) is 44.6 Å². The summed E-state index contributed by atoms with van der Waals surface area (Å²) in [6.07, 6.45) is -0.854. The van der Waals surface area contributed by atoms with Gasteiger partial charge in [0, 0.05) is 19.2 Å². The number of nitrogens with zero attached hydrogens (tertiary/aromatic N) is 2. The van der Waals surface area contributed by atoms with Crippen LogP contribution in [-0.2, 0) is 0 Å². The van der Waals surface area contributed by atoms with Crippen LogP contribution in [0.3, 0.4) is 0 Å². The lowest BCUT2D eigenvalue weighted by atomic mass is 10.1. The average Bonchev–Trinajstić information content (AvgIpc) is 2.77. The Hall–Kier alpha value is -2.27. The second-order valence-electron chi connectivity index (χ2n) is 6.54. The number of benzene rings is 2. The predicted molar refractivity (Wildman–Crippen MR) is 130 cm³/mol. The highest BCUT2D eigenvalue weighted by Gasteiger charge is 2.15. The lowest BCUT2D eigenvalue weighted by molar-refractivity contribution is 0.181. The second-order valence-corrected chi connectivity index (χ2v) is 6.54. The van der Waals surface area contributed by atoms with Crippen molar-refractivity contribution in [2.24, 2.45) is 4.99 Å². The third kappa shape index (κ3) is 8.41. The molecule has 1 unspecified atom stereocenters. The molecule has 0 radical (unpaired) electrons. The molecule has 0 aliphatic heterocycles. The number of nitrogens with one attached hydrogen (secondary N) is 1. The first kappa shape index (κ1) is 26.8. The third-order valence-electron chi connectivity index (χ3n) is 4.42. The van der Waals surface area contributed by atoms with Gasteiger partial charge in [0.1, 0.15) is 35.8 Å². The van der Waals surface area contributed by atoms with E-state index in [2.05, 4.69) is 10.3 Å². The Morgan fingerprint density at radius 1 is 1.13 bits per heavy atom. The molecule has 0 spiro atoms. The minimum absolute atomic E-state index is 0. The maximum atomic E-state index is 13.0. The highest BCUT2D eigenvalue weighted by Crippen LogP contribution is 2.29. The molecule has 0 aromatic heterocycles. The van der Waals surface area contributed by atoms with E-state index >= 15 is 0 Å². The number of aliphatic hydroxyl groups is 1. The van der Waals surface area contributed by atoms with E-state index in [0.717, 1.165) is 0 Å². The summed E-state index contributed by atoms with van der Waals surface area (Å²) in [6, 6.07) is 11.2. The minimum atomic E-state index is -0.854. The SMILES string of the molecule is CCNC(=NCC(O)c1cc(OC)ccc1OC)N(C)CCOc1ccc(F)cc1.I. The number of methoxy groups -OCH3 is 2. The zero-order chi connectivity index (χ0) is 21.9. The van der Waals surface area contributed by atoms with Crippen LogP contribution in [0.2, 0.25) is 0 Å². The van der Waals surface area contributed by atoms with Gasteiger partial charge in [-0.2, -0.15) is 0 Å². The van der Waals surface area contributed by atoms with Crippen molar-refractivity contribution in [1.29, 1.82) is 0 Å². The molecule has 0 aliphatic carbocycles. The third-order valence-corrected chi connectivity index (χ3v) is 4.42. The summed E-state index contributed by atoms with van der Waals surface area (Å²) in [5, 5.41) is 13.9. The summed E-state index contributed by atoms with van der Waals surface area (Å²) >= 11 is 0. The van der Waals surface area contributed by atoms with Crippen LogP contribution in [0.5, 0.6) is 17.2 Å². The van der Waals surface area contributed by atoms with E-state index in [-0.39, 0.29) is 36.3 Å². The Morgan fingerprint density at radius 3 is 2.42 bits per heavy atom. The Kier molecular flexibility index (Phi) is 12.0. The van der Waals surface area contributed by atoms with Crippen LogP contribution in [-0.4, -0.2) is 63.5 Å². The van der Waals surface area contributed by atoms with E-state index in [1.807, 2.05) is 18.9 Å². The fraction of sp³-hybridized carbons (Fsp3) is 0.409. The number of aliphatic hydroxyl groups excluding tert-OH is 1. The monoisotopic (exact) mass is 547 g/mol. The molecule has 2 aromatic carbocycles. The number of ether oxygens (including phenoxy) is 3. The number of hydrogen-bond donors (Lipinski definition) is 2. The summed E-state index contributed by atoms with van der Waals surface area (Å²) in [4.78, 5) is 6.44. The van der Waals surface area contributed by atoms with Gasteiger partial charge in [0.2, 0.25) is 0 Å². The first-order valence-corrected chi connectivity index (χ1v) is 9.76. The van der Waals surface area contributed by atoms with E-state index in [1.165, 1.54) is 12.1 Å². The fourth-order valence-corrected chi connectivity index (χ4v) is 2.78. The van der Waals surface area contributed by atoms with Crippen molar-refractivity contribution in [1.82, 2.24) is 10.2 Å². The van der Waals surface area contributed by atoms with Gasteiger partial charge < -0.3 is 29.5 Å². The second kappa shape index (κ2) is 13.9. The van der Waals surface area contributed by atoms with Gasteiger partial charge in [0.05, 0.1) is 27.3 Å². The van der Waals surface area contributed by atoms with Crippen molar-refractivity contribution in [3.05, 3.63) is 53.8 Å². The highest BCUT2D eigenvalue weighted by atomic mass is 127. The van der Waals surface area contributed by atoms with Gasteiger partial charge in [-0.15, -0.1) is 24.0 Å². The zero-order valence-corrected chi connectivity index (χ0v) is 20.6. The minimum Gasteiger partial charge on any atom is -0.497 e. The van der Waals surface area contributed by atoms with Gasteiger partial charge in [-0.05, 0) is 49.4 Å². The van der Waals surface area contributed by atoms with Crippen LogP contribution >= 0.6 is 24.0 Å². The number of likely N-dealkylation sites (N-methyl/N-ethyl adjacent to an activating group) is 1. The van der Waals surface area contributed by atoms with Crippen LogP contribution in [0.15, 0.2) is 47.5 Å². The first-order chi connectivity index (χ1) is 14.5. The molecule has 31 heavy (non-hydrogen) atoms. The molecule has 0 bridgehead atoms. The number of hydrogen-bond acceptors (Lipinski definition) is 5. The molecule has 1 atom stereocenters. The van der Waals surface area contributed by atoms with Gasteiger partial charge in [0.25, 0.3) is 0 Å². The molecule has 0 amide bonds. The molecule has 7 nitrogen and oxygen atoms in total. The molecular weight excluding hydrogens is 516 g/mol. The molecular formula is C22H31FIN3O4. The lowest BCUT2D eigenvalue weighted by Crippen LogP contribution is -2.41. The van der Waals surface area contributed by atoms with Crippen LogP contribution in [0.25, 0.3) is 0 Å². The number of halogens is 2. The topological polar surface area (TPSA) is 75.6 Å². The Bertz CT molecular complexity index is 821. The highest BCUT2D eigenvalue weighted by molar-refractivity contribution is 14.0. The molecule has 0 saturated carbocycles. The molecule has 2 N–H and O–H groups in total. The Morgan fingerprint density at radius 2 is 1.81 bits per heavy atom. The predicted octanol–water partition coefficient (Wildman–Crippen LogP) is 3.47. The van der Waals surface area contributed by atoms with Gasteiger partial charge in [-0.3, -0.25) is 4.99 Å². The van der Waals surface area contributed by atoms with Gasteiger partial charge >= 0.3 is 0 Å².